The van der Waals surface area contributed by atoms with Crippen LogP contribution in [0.1, 0.15) is 38.3 Å². The summed E-state index contributed by atoms with van der Waals surface area (Å²) in [5.41, 5.74) is 0.365. The van der Waals surface area contributed by atoms with E-state index < -0.39 is 5.82 Å². The molecule has 1 unspecified atom stereocenters. The summed E-state index contributed by atoms with van der Waals surface area (Å²) in [6.45, 7) is 6.08. The molecule has 1 aromatic carbocycles. The number of ether oxygens (including phenoxy) is 1. The van der Waals surface area contributed by atoms with Crippen LogP contribution in [0.15, 0.2) is 18.2 Å². The van der Waals surface area contributed by atoms with Gasteiger partial charge >= 0.3 is 0 Å². The molecule has 0 spiro atoms. The average Bonchev–Trinajstić information content (AvgIpc) is 2.36. The molecular weight excluding hydrogens is 236 g/mol. The Labute approximate surface area is 107 Å². The fourth-order valence-corrected chi connectivity index (χ4v) is 1.70. The standard InChI is InChI=1S/C14H21F2NO/c1-3-8-18-9-4-7-17-11(2)13-10-12(15)5-6-14(13)16/h5-6,10-11,17H,3-4,7-9H2,1-2H3. The number of benzene rings is 1. The number of halogens is 2. The van der Waals surface area contributed by atoms with Crippen molar-refractivity contribution >= 4 is 0 Å². The van der Waals surface area contributed by atoms with Crippen molar-refractivity contribution in [3.05, 3.63) is 35.4 Å². The lowest BCUT2D eigenvalue weighted by Gasteiger charge is -2.15. The predicted octanol–water partition coefficient (Wildman–Crippen LogP) is 3.43. The normalized spacial score (nSPS) is 12.7. The van der Waals surface area contributed by atoms with Gasteiger partial charge in [0, 0.05) is 24.8 Å². The van der Waals surface area contributed by atoms with Gasteiger partial charge in [-0.3, -0.25) is 0 Å². The monoisotopic (exact) mass is 257 g/mol. The first-order valence-corrected chi connectivity index (χ1v) is 6.41. The summed E-state index contributed by atoms with van der Waals surface area (Å²) >= 11 is 0. The summed E-state index contributed by atoms with van der Waals surface area (Å²) < 4.78 is 31.8. The van der Waals surface area contributed by atoms with Gasteiger partial charge in [-0.25, -0.2) is 8.78 Å². The Kier molecular flexibility index (Phi) is 6.83. The van der Waals surface area contributed by atoms with Crippen molar-refractivity contribution in [1.29, 1.82) is 0 Å². The van der Waals surface area contributed by atoms with Gasteiger partial charge in [0.05, 0.1) is 0 Å². The number of nitrogens with one attached hydrogen (secondary N) is 1. The second-order valence-electron chi connectivity index (χ2n) is 4.31. The van der Waals surface area contributed by atoms with Gasteiger partial charge in [0.2, 0.25) is 0 Å². The molecule has 2 nitrogen and oxygen atoms in total. The fourth-order valence-electron chi connectivity index (χ4n) is 1.70. The maximum absolute atomic E-state index is 13.5. The van der Waals surface area contributed by atoms with E-state index in [1.807, 2.05) is 6.92 Å². The van der Waals surface area contributed by atoms with Gasteiger partial charge in [0.25, 0.3) is 0 Å². The number of hydrogen-bond donors (Lipinski definition) is 1. The molecule has 0 radical (unpaired) electrons. The molecule has 1 aromatic rings. The maximum atomic E-state index is 13.5. The van der Waals surface area contributed by atoms with Crippen LogP contribution in [0.4, 0.5) is 8.78 Å². The van der Waals surface area contributed by atoms with Crippen molar-refractivity contribution in [3.8, 4) is 0 Å². The van der Waals surface area contributed by atoms with E-state index in [1.54, 1.807) is 0 Å². The lowest BCUT2D eigenvalue weighted by molar-refractivity contribution is 0.131. The molecule has 0 aliphatic heterocycles. The van der Waals surface area contributed by atoms with E-state index in [0.29, 0.717) is 12.2 Å². The van der Waals surface area contributed by atoms with Crippen molar-refractivity contribution in [1.82, 2.24) is 5.32 Å². The lowest BCUT2D eigenvalue weighted by atomic mass is 10.1. The first-order valence-electron chi connectivity index (χ1n) is 6.41. The van der Waals surface area contributed by atoms with E-state index in [9.17, 15) is 8.78 Å². The summed E-state index contributed by atoms with van der Waals surface area (Å²) in [6.07, 6.45) is 1.87. The largest absolute Gasteiger partial charge is 0.381 e. The SMILES string of the molecule is CCCOCCCNC(C)c1cc(F)ccc1F. The molecule has 1 atom stereocenters. The highest BCUT2D eigenvalue weighted by molar-refractivity contribution is 5.21. The van der Waals surface area contributed by atoms with Crippen LogP contribution in [0, 0.1) is 11.6 Å². The van der Waals surface area contributed by atoms with Crippen LogP contribution in [-0.2, 0) is 4.74 Å². The summed E-state index contributed by atoms with van der Waals surface area (Å²) in [6, 6.07) is 3.32. The second-order valence-corrected chi connectivity index (χ2v) is 4.31. The predicted molar refractivity (Wildman–Crippen MR) is 68.5 cm³/mol. The van der Waals surface area contributed by atoms with E-state index in [4.69, 9.17) is 4.74 Å². The number of rotatable bonds is 8. The van der Waals surface area contributed by atoms with E-state index in [0.717, 1.165) is 38.1 Å². The minimum absolute atomic E-state index is 0.202. The molecule has 4 heteroatoms. The Morgan fingerprint density at radius 2 is 2.06 bits per heavy atom. The van der Waals surface area contributed by atoms with Crippen LogP contribution < -0.4 is 5.32 Å². The molecule has 0 aliphatic rings. The highest BCUT2D eigenvalue weighted by atomic mass is 19.1. The van der Waals surface area contributed by atoms with Gasteiger partial charge in [-0.1, -0.05) is 6.92 Å². The van der Waals surface area contributed by atoms with Crippen LogP contribution >= 0.6 is 0 Å². The molecule has 0 amide bonds. The Hall–Kier alpha value is -1.00. The summed E-state index contributed by atoms with van der Waals surface area (Å²) in [5.74, 6) is -0.787. The molecule has 0 heterocycles. The van der Waals surface area contributed by atoms with Crippen LogP contribution in [-0.4, -0.2) is 19.8 Å². The van der Waals surface area contributed by atoms with E-state index in [2.05, 4.69) is 12.2 Å². The van der Waals surface area contributed by atoms with Gasteiger partial charge in [-0.05, 0) is 44.5 Å². The Morgan fingerprint density at radius 3 is 2.78 bits per heavy atom. The maximum Gasteiger partial charge on any atom is 0.128 e. The third-order valence-electron chi connectivity index (χ3n) is 2.69. The second kappa shape index (κ2) is 8.16. The molecular formula is C14H21F2NO. The molecule has 0 saturated heterocycles. The number of hydrogen-bond acceptors (Lipinski definition) is 2. The Balaban J connectivity index is 2.31. The van der Waals surface area contributed by atoms with Crippen LogP contribution in [0.25, 0.3) is 0 Å². The van der Waals surface area contributed by atoms with Gasteiger partial charge in [0.15, 0.2) is 0 Å². The fraction of sp³-hybridized carbons (Fsp3) is 0.571. The highest BCUT2D eigenvalue weighted by Crippen LogP contribution is 2.17. The zero-order chi connectivity index (χ0) is 13.4. The van der Waals surface area contributed by atoms with Crippen LogP contribution in [0.2, 0.25) is 0 Å². The molecule has 102 valence electrons. The van der Waals surface area contributed by atoms with Crippen molar-refractivity contribution in [3.63, 3.8) is 0 Å². The third-order valence-corrected chi connectivity index (χ3v) is 2.69. The third kappa shape index (κ3) is 5.10. The lowest BCUT2D eigenvalue weighted by Crippen LogP contribution is -2.22. The quantitative estimate of drug-likeness (QED) is 0.720. The highest BCUT2D eigenvalue weighted by Gasteiger charge is 2.10. The van der Waals surface area contributed by atoms with Crippen molar-refractivity contribution in [2.24, 2.45) is 0 Å². The van der Waals surface area contributed by atoms with Gasteiger partial charge < -0.3 is 10.1 Å². The van der Waals surface area contributed by atoms with E-state index >= 15 is 0 Å². The van der Waals surface area contributed by atoms with E-state index in [1.165, 1.54) is 6.07 Å². The molecule has 0 bridgehead atoms. The summed E-state index contributed by atoms with van der Waals surface area (Å²) in [7, 11) is 0. The van der Waals surface area contributed by atoms with Crippen molar-refractivity contribution < 1.29 is 13.5 Å². The minimum Gasteiger partial charge on any atom is -0.381 e. The first-order chi connectivity index (χ1) is 8.65. The molecule has 0 saturated carbocycles. The smallest absolute Gasteiger partial charge is 0.128 e. The summed E-state index contributed by atoms with van der Waals surface area (Å²) in [5, 5.41) is 3.16. The topological polar surface area (TPSA) is 21.3 Å². The average molecular weight is 257 g/mol. The molecule has 0 fully saturated rings. The zero-order valence-corrected chi connectivity index (χ0v) is 11.0. The van der Waals surface area contributed by atoms with Crippen LogP contribution in [0.3, 0.4) is 0 Å². The molecule has 0 aliphatic carbocycles. The van der Waals surface area contributed by atoms with Crippen molar-refractivity contribution in [2.75, 3.05) is 19.8 Å². The molecule has 0 aromatic heterocycles. The molecule has 1 rings (SSSR count). The minimum atomic E-state index is -0.411. The summed E-state index contributed by atoms with van der Waals surface area (Å²) in [4.78, 5) is 0. The Bertz CT molecular complexity index is 358. The van der Waals surface area contributed by atoms with Gasteiger partial charge in [-0.15, -0.1) is 0 Å². The first kappa shape index (κ1) is 15.1. The molecule has 1 N–H and O–H groups in total. The van der Waals surface area contributed by atoms with Gasteiger partial charge in [0.1, 0.15) is 11.6 Å². The van der Waals surface area contributed by atoms with Crippen LogP contribution in [0.5, 0.6) is 0 Å². The van der Waals surface area contributed by atoms with Gasteiger partial charge in [-0.2, -0.15) is 0 Å². The molecule has 18 heavy (non-hydrogen) atoms. The van der Waals surface area contributed by atoms with Crippen molar-refractivity contribution in [2.45, 2.75) is 32.7 Å². The van der Waals surface area contributed by atoms with E-state index in [-0.39, 0.29) is 11.9 Å². The zero-order valence-electron chi connectivity index (χ0n) is 11.0. The Morgan fingerprint density at radius 1 is 1.28 bits per heavy atom.